The molecule has 2 fully saturated rings. The van der Waals surface area contributed by atoms with Gasteiger partial charge in [0.25, 0.3) is 0 Å². The van der Waals surface area contributed by atoms with Crippen molar-refractivity contribution in [1.82, 2.24) is 0 Å². The molecule has 0 aromatic rings. The van der Waals surface area contributed by atoms with Crippen LogP contribution in [-0.4, -0.2) is 101 Å². The van der Waals surface area contributed by atoms with Gasteiger partial charge in [0.2, 0.25) is 0 Å². The van der Waals surface area contributed by atoms with Crippen molar-refractivity contribution in [2.45, 2.75) is 277 Å². The van der Waals surface area contributed by atoms with E-state index in [-0.39, 0.29) is 49.1 Å². The van der Waals surface area contributed by atoms with Crippen LogP contribution in [0.4, 0.5) is 0 Å². The van der Waals surface area contributed by atoms with Crippen LogP contribution in [0.25, 0.3) is 0 Å². The maximum Gasteiger partial charge on any atom is 0.164 e. The second kappa shape index (κ2) is 37.5. The molecule has 366 valence electrons. The van der Waals surface area contributed by atoms with E-state index in [0.717, 1.165) is 13.0 Å². The minimum Gasteiger partial charge on any atom is -1.00 e. The molecule has 0 radical (unpaired) electrons. The lowest BCUT2D eigenvalue weighted by atomic mass is 10.0. The predicted octanol–water partition coefficient (Wildman–Crippen LogP) is 11.2. The molecular formula is C52H104INO7. The molecule has 4 atom stereocenters. The SMILES string of the molecule is CCCCCCCCCCCCCCCC[N+](C)(CCCCCCCCCCCCCCCC)CCCCCOC[C@@H]1OC(C)(C)O[C@H]1[C@@H](OCOC)[C@H]1COC(C)(C)O1.[I-]. The number of methoxy groups -OCH3 is 1. The summed E-state index contributed by atoms with van der Waals surface area (Å²) >= 11 is 0. The zero-order valence-electron chi connectivity index (χ0n) is 41.9. The second-order valence-electron chi connectivity index (χ2n) is 20.2. The van der Waals surface area contributed by atoms with Gasteiger partial charge < -0.3 is 61.6 Å². The molecule has 2 rings (SSSR count). The summed E-state index contributed by atoms with van der Waals surface area (Å²) in [6.07, 6.45) is 42.2. The molecule has 2 aliphatic rings. The van der Waals surface area contributed by atoms with Crippen molar-refractivity contribution < 1.29 is 61.6 Å². The van der Waals surface area contributed by atoms with Gasteiger partial charge in [0.15, 0.2) is 11.6 Å². The van der Waals surface area contributed by atoms with E-state index in [1.54, 1.807) is 7.11 Å². The highest BCUT2D eigenvalue weighted by atomic mass is 127. The van der Waals surface area contributed by atoms with Crippen LogP contribution in [0.2, 0.25) is 0 Å². The lowest BCUT2D eigenvalue weighted by Gasteiger charge is -2.35. The predicted molar refractivity (Wildman–Crippen MR) is 252 cm³/mol. The van der Waals surface area contributed by atoms with E-state index in [9.17, 15) is 0 Å². The third-order valence-corrected chi connectivity index (χ3v) is 13.2. The normalized spacial score (nSPS) is 20.4. The minimum absolute atomic E-state index is 0. The first-order chi connectivity index (χ1) is 29.0. The fourth-order valence-electron chi connectivity index (χ4n) is 9.49. The van der Waals surface area contributed by atoms with Gasteiger partial charge in [-0.15, -0.1) is 0 Å². The van der Waals surface area contributed by atoms with E-state index in [0.29, 0.717) is 13.2 Å². The van der Waals surface area contributed by atoms with Crippen molar-refractivity contribution in [2.75, 3.05) is 60.4 Å². The van der Waals surface area contributed by atoms with Crippen LogP contribution in [-0.2, 0) is 33.2 Å². The Morgan fingerprint density at radius 2 is 0.918 bits per heavy atom. The van der Waals surface area contributed by atoms with E-state index in [1.807, 2.05) is 27.7 Å². The molecule has 2 saturated heterocycles. The van der Waals surface area contributed by atoms with Crippen LogP contribution in [0.15, 0.2) is 0 Å². The van der Waals surface area contributed by atoms with Crippen molar-refractivity contribution in [3.05, 3.63) is 0 Å². The summed E-state index contributed by atoms with van der Waals surface area (Å²) in [4.78, 5) is 0. The zero-order valence-corrected chi connectivity index (χ0v) is 44.0. The van der Waals surface area contributed by atoms with Gasteiger partial charge in [-0.25, -0.2) is 0 Å². The largest absolute Gasteiger partial charge is 1.00 e. The summed E-state index contributed by atoms with van der Waals surface area (Å²) in [6.45, 7) is 18.1. The summed E-state index contributed by atoms with van der Waals surface area (Å²) in [6, 6.07) is 0. The minimum atomic E-state index is -0.732. The molecule has 0 amide bonds. The molecule has 61 heavy (non-hydrogen) atoms. The van der Waals surface area contributed by atoms with E-state index in [1.165, 1.54) is 217 Å². The van der Waals surface area contributed by atoms with Crippen LogP contribution >= 0.6 is 0 Å². The van der Waals surface area contributed by atoms with Crippen molar-refractivity contribution in [3.8, 4) is 0 Å². The molecule has 0 aromatic carbocycles. The highest BCUT2D eigenvalue weighted by Gasteiger charge is 2.51. The second-order valence-corrected chi connectivity index (χ2v) is 20.2. The Labute approximate surface area is 396 Å². The van der Waals surface area contributed by atoms with Gasteiger partial charge >= 0.3 is 0 Å². The first-order valence-electron chi connectivity index (χ1n) is 26.2. The van der Waals surface area contributed by atoms with E-state index in [4.69, 9.17) is 33.2 Å². The number of rotatable bonds is 43. The first kappa shape index (κ1) is 59.4. The third kappa shape index (κ3) is 30.3. The Morgan fingerprint density at radius 1 is 0.525 bits per heavy atom. The van der Waals surface area contributed by atoms with Crippen LogP contribution in [0.5, 0.6) is 0 Å². The standard InChI is InChI=1S/C52H104NO7.HI/c1-9-11-13-15-17-19-21-23-25-27-29-31-33-36-40-53(7,41-37-34-32-30-28-26-24-22-20-18-16-14-12-10-2)42-38-35-39-43-55-44-47-50(60-52(5,6)59-47)49(56-46-54-8)48-45-57-51(3,4)58-48;/h47-50H,9-46H2,1-8H3;1H/q+1;/p-1/t47-,48+,49-,50+;/m0./s1. The Morgan fingerprint density at radius 3 is 1.30 bits per heavy atom. The number of ether oxygens (including phenoxy) is 7. The lowest BCUT2D eigenvalue weighted by Crippen LogP contribution is -3.00. The van der Waals surface area contributed by atoms with Crippen molar-refractivity contribution in [3.63, 3.8) is 0 Å². The third-order valence-electron chi connectivity index (χ3n) is 13.2. The summed E-state index contributed by atoms with van der Waals surface area (Å²) in [5.74, 6) is -1.39. The summed E-state index contributed by atoms with van der Waals surface area (Å²) < 4.78 is 43.7. The molecule has 2 heterocycles. The Kier molecular flexibility index (Phi) is 36.5. The van der Waals surface area contributed by atoms with Crippen LogP contribution in [0.1, 0.15) is 241 Å². The number of hydrogen-bond acceptors (Lipinski definition) is 7. The molecule has 9 heteroatoms. The Balaban J connectivity index is 0.0000186. The molecule has 0 bridgehead atoms. The van der Waals surface area contributed by atoms with Gasteiger partial charge in [-0.2, -0.15) is 0 Å². The number of unbranched alkanes of at least 4 members (excludes halogenated alkanes) is 28. The van der Waals surface area contributed by atoms with Crippen molar-refractivity contribution in [1.29, 1.82) is 0 Å². The quantitative estimate of drug-likeness (QED) is 0.0261. The summed E-state index contributed by atoms with van der Waals surface area (Å²) in [5.41, 5.74) is 0. The topological polar surface area (TPSA) is 64.6 Å². The van der Waals surface area contributed by atoms with Gasteiger partial charge in [0.1, 0.15) is 31.2 Å². The van der Waals surface area contributed by atoms with Crippen LogP contribution in [0, 0.1) is 0 Å². The van der Waals surface area contributed by atoms with Gasteiger partial charge in [-0.3, -0.25) is 0 Å². The Bertz CT molecular complexity index is 938. The van der Waals surface area contributed by atoms with E-state index in [2.05, 4.69) is 20.9 Å². The highest BCUT2D eigenvalue weighted by molar-refractivity contribution is 4.93. The van der Waals surface area contributed by atoms with Crippen molar-refractivity contribution in [2.24, 2.45) is 0 Å². The summed E-state index contributed by atoms with van der Waals surface area (Å²) in [5, 5.41) is 0. The van der Waals surface area contributed by atoms with Gasteiger partial charge in [0, 0.05) is 13.7 Å². The van der Waals surface area contributed by atoms with Crippen molar-refractivity contribution >= 4 is 0 Å². The van der Waals surface area contributed by atoms with Crippen LogP contribution < -0.4 is 24.0 Å². The summed E-state index contributed by atoms with van der Waals surface area (Å²) in [7, 11) is 4.19. The number of nitrogens with zero attached hydrogens (tertiary/aromatic N) is 1. The fraction of sp³-hybridized carbons (Fsp3) is 1.00. The number of hydrogen-bond donors (Lipinski definition) is 0. The molecule has 0 N–H and O–H groups in total. The van der Waals surface area contributed by atoms with Gasteiger partial charge in [-0.05, 0) is 72.6 Å². The molecule has 0 aliphatic carbocycles. The molecule has 0 unspecified atom stereocenters. The first-order valence-corrected chi connectivity index (χ1v) is 26.2. The maximum absolute atomic E-state index is 6.39. The Hall–Kier alpha value is 0.410. The smallest absolute Gasteiger partial charge is 0.164 e. The maximum atomic E-state index is 6.39. The number of halogens is 1. The average molecular weight is 982 g/mol. The molecule has 0 spiro atoms. The molecule has 8 nitrogen and oxygen atoms in total. The van der Waals surface area contributed by atoms with Gasteiger partial charge in [0.05, 0.1) is 39.9 Å². The van der Waals surface area contributed by atoms with E-state index >= 15 is 0 Å². The molecular weight excluding hydrogens is 877 g/mol. The van der Waals surface area contributed by atoms with Gasteiger partial charge in [-0.1, -0.05) is 168 Å². The zero-order chi connectivity index (χ0) is 43.6. The molecule has 0 saturated carbocycles. The molecule has 2 aliphatic heterocycles. The fourth-order valence-corrected chi connectivity index (χ4v) is 9.49. The van der Waals surface area contributed by atoms with Crippen LogP contribution in [0.3, 0.4) is 0 Å². The van der Waals surface area contributed by atoms with E-state index < -0.39 is 17.7 Å². The monoisotopic (exact) mass is 982 g/mol. The number of quaternary nitrogens is 1. The average Bonchev–Trinajstić information content (AvgIpc) is 3.74. The molecule has 0 aromatic heterocycles. The highest BCUT2D eigenvalue weighted by Crippen LogP contribution is 2.36. The lowest BCUT2D eigenvalue weighted by molar-refractivity contribution is -0.910.